The second kappa shape index (κ2) is 12.2. The van der Waals surface area contributed by atoms with Crippen molar-refractivity contribution in [3.8, 4) is 0 Å². The fourth-order valence-electron chi connectivity index (χ4n) is 6.34. The first kappa shape index (κ1) is 28.6. The van der Waals surface area contributed by atoms with Crippen LogP contribution in [0.5, 0.6) is 0 Å². The summed E-state index contributed by atoms with van der Waals surface area (Å²) in [5.74, 6) is 0.854. The van der Waals surface area contributed by atoms with E-state index in [4.69, 9.17) is 4.42 Å². The molecule has 0 aliphatic carbocycles. The van der Waals surface area contributed by atoms with Crippen LogP contribution in [0.25, 0.3) is 37.2 Å². The van der Waals surface area contributed by atoms with Crippen molar-refractivity contribution >= 4 is 82.7 Å². The third-order valence-corrected chi connectivity index (χ3v) is 9.73. The number of nitrogens with zero attached hydrogens (tertiary/aromatic N) is 2. The van der Waals surface area contributed by atoms with Crippen LogP contribution < -0.4 is 9.80 Å². The van der Waals surface area contributed by atoms with Gasteiger partial charge in [0.2, 0.25) is 0 Å². The number of anilines is 6. The molecule has 0 fully saturated rings. The lowest BCUT2D eigenvalue weighted by Crippen LogP contribution is -2.09. The summed E-state index contributed by atoms with van der Waals surface area (Å²) in [6.07, 6.45) is 5.64. The Kier molecular flexibility index (Phi) is 7.41. The van der Waals surface area contributed by atoms with E-state index in [9.17, 15) is 0 Å². The number of thiophene rings is 1. The van der Waals surface area contributed by atoms with Crippen molar-refractivity contribution < 1.29 is 4.42 Å². The van der Waals surface area contributed by atoms with Crippen LogP contribution in [0, 0.1) is 6.92 Å². The molecule has 6 aromatic carbocycles. The molecule has 8 aromatic rings. The average molecular weight is 625 g/mol. The van der Waals surface area contributed by atoms with Gasteiger partial charge in [-0.05, 0) is 91.9 Å². The molecule has 0 radical (unpaired) electrons. The third-order valence-electron chi connectivity index (χ3n) is 8.60. The largest absolute Gasteiger partial charge is 0.456 e. The van der Waals surface area contributed by atoms with Gasteiger partial charge in [0, 0.05) is 71.3 Å². The SMILES string of the molecule is C=C/C=C\c1oc2cc(N(c3ccccc3)c3ccc4c(c3)sc3ccc(N(c5ccccc5)c5ccccc5)cc34)ccc2c1C. The lowest BCUT2D eigenvalue weighted by atomic mass is 10.1. The molecule has 0 saturated carbocycles. The van der Waals surface area contributed by atoms with Gasteiger partial charge in [-0.25, -0.2) is 0 Å². The van der Waals surface area contributed by atoms with Gasteiger partial charge in [0.05, 0.1) is 0 Å². The van der Waals surface area contributed by atoms with Crippen molar-refractivity contribution in [2.45, 2.75) is 6.92 Å². The molecule has 3 nitrogen and oxygen atoms in total. The molecule has 47 heavy (non-hydrogen) atoms. The number of allylic oxidation sites excluding steroid dienone is 2. The normalized spacial score (nSPS) is 11.5. The van der Waals surface area contributed by atoms with Crippen LogP contribution in [0.4, 0.5) is 34.1 Å². The first-order valence-electron chi connectivity index (χ1n) is 15.7. The monoisotopic (exact) mass is 624 g/mol. The van der Waals surface area contributed by atoms with Crippen molar-refractivity contribution in [2.24, 2.45) is 0 Å². The fourth-order valence-corrected chi connectivity index (χ4v) is 7.46. The summed E-state index contributed by atoms with van der Waals surface area (Å²) < 4.78 is 8.81. The molecule has 0 bridgehead atoms. The summed E-state index contributed by atoms with van der Waals surface area (Å²) in [7, 11) is 0. The Morgan fingerprint density at radius 3 is 1.68 bits per heavy atom. The molecular formula is C43H32N2OS. The van der Waals surface area contributed by atoms with E-state index in [1.165, 1.54) is 20.2 Å². The molecule has 0 amide bonds. The maximum atomic E-state index is 6.30. The van der Waals surface area contributed by atoms with Gasteiger partial charge in [-0.3, -0.25) is 0 Å². The first-order chi connectivity index (χ1) is 23.2. The van der Waals surface area contributed by atoms with Crippen LogP contribution in [0.15, 0.2) is 169 Å². The van der Waals surface area contributed by atoms with Gasteiger partial charge in [0.1, 0.15) is 11.3 Å². The van der Waals surface area contributed by atoms with Crippen LogP contribution in [-0.4, -0.2) is 0 Å². The summed E-state index contributed by atoms with van der Waals surface area (Å²) in [6, 6.07) is 51.8. The van der Waals surface area contributed by atoms with E-state index in [0.29, 0.717) is 0 Å². The highest BCUT2D eigenvalue weighted by Crippen LogP contribution is 2.44. The highest BCUT2D eigenvalue weighted by atomic mass is 32.1. The Balaban J connectivity index is 1.24. The summed E-state index contributed by atoms with van der Waals surface area (Å²) in [4.78, 5) is 4.62. The predicted octanol–water partition coefficient (Wildman–Crippen LogP) is 13.2. The minimum absolute atomic E-state index is 0.854. The van der Waals surface area contributed by atoms with E-state index in [1.54, 1.807) is 6.08 Å². The number of para-hydroxylation sites is 3. The maximum Gasteiger partial charge on any atom is 0.137 e. The van der Waals surface area contributed by atoms with Gasteiger partial charge in [0.25, 0.3) is 0 Å². The topological polar surface area (TPSA) is 19.6 Å². The Hall–Kier alpha value is -5.84. The van der Waals surface area contributed by atoms with Gasteiger partial charge in [0.15, 0.2) is 0 Å². The number of rotatable bonds is 8. The number of hydrogen-bond donors (Lipinski definition) is 0. The van der Waals surface area contributed by atoms with Gasteiger partial charge in [-0.15, -0.1) is 11.3 Å². The van der Waals surface area contributed by atoms with Crippen LogP contribution in [0.2, 0.25) is 0 Å². The molecule has 8 rings (SSSR count). The highest BCUT2D eigenvalue weighted by molar-refractivity contribution is 7.25. The second-order valence-electron chi connectivity index (χ2n) is 11.5. The second-order valence-corrected chi connectivity index (χ2v) is 12.6. The van der Waals surface area contributed by atoms with Crippen LogP contribution in [-0.2, 0) is 0 Å². The highest BCUT2D eigenvalue weighted by Gasteiger charge is 2.18. The summed E-state index contributed by atoms with van der Waals surface area (Å²) in [6.45, 7) is 5.90. The molecule has 0 atom stereocenters. The predicted molar refractivity (Wildman–Crippen MR) is 202 cm³/mol. The fraction of sp³-hybridized carbons (Fsp3) is 0.0233. The van der Waals surface area contributed by atoms with E-state index in [-0.39, 0.29) is 0 Å². The first-order valence-corrected chi connectivity index (χ1v) is 16.5. The molecule has 226 valence electrons. The summed E-state index contributed by atoms with van der Waals surface area (Å²) >= 11 is 1.83. The lowest BCUT2D eigenvalue weighted by molar-refractivity contribution is 0.601. The molecule has 4 heteroatoms. The average Bonchev–Trinajstić information content (AvgIpc) is 3.64. The molecule has 0 N–H and O–H groups in total. The Morgan fingerprint density at radius 1 is 0.532 bits per heavy atom. The van der Waals surface area contributed by atoms with Crippen molar-refractivity contribution in [1.82, 2.24) is 0 Å². The molecule has 0 aliphatic heterocycles. The standard InChI is InChI=1S/C43H32N2OS/c1-3-4-20-40-30(2)37-24-21-35(28-41(37)46-40)45(33-18-12-7-13-19-33)36-22-25-38-39-27-34(23-26-42(39)47-43(38)29-36)44(31-14-8-5-9-15-31)32-16-10-6-11-17-32/h3-29H,1H2,2H3/b20-4-. The maximum absolute atomic E-state index is 6.30. The molecule has 0 unspecified atom stereocenters. The molecule has 0 aliphatic rings. The van der Waals surface area contributed by atoms with E-state index in [0.717, 1.165) is 56.4 Å². The summed E-state index contributed by atoms with van der Waals surface area (Å²) in [5.41, 5.74) is 8.61. The van der Waals surface area contributed by atoms with E-state index in [2.05, 4.69) is 169 Å². The van der Waals surface area contributed by atoms with Gasteiger partial charge >= 0.3 is 0 Å². The van der Waals surface area contributed by atoms with E-state index < -0.39 is 0 Å². The third kappa shape index (κ3) is 5.29. The van der Waals surface area contributed by atoms with E-state index >= 15 is 0 Å². The smallest absolute Gasteiger partial charge is 0.137 e. The number of fused-ring (bicyclic) bond motifs is 4. The zero-order valence-electron chi connectivity index (χ0n) is 26.0. The number of hydrogen-bond acceptors (Lipinski definition) is 4. The summed E-state index contributed by atoms with van der Waals surface area (Å²) in [5, 5.41) is 3.62. The van der Waals surface area contributed by atoms with Crippen molar-refractivity contribution in [1.29, 1.82) is 0 Å². The van der Waals surface area contributed by atoms with Gasteiger partial charge in [-0.2, -0.15) is 0 Å². The Labute approximate surface area is 278 Å². The Morgan fingerprint density at radius 2 is 1.06 bits per heavy atom. The zero-order valence-corrected chi connectivity index (χ0v) is 26.8. The van der Waals surface area contributed by atoms with Gasteiger partial charge in [-0.1, -0.05) is 79.4 Å². The molecule has 2 heterocycles. The number of furan rings is 1. The Bertz CT molecular complexity index is 2350. The van der Waals surface area contributed by atoms with Crippen molar-refractivity contribution in [3.63, 3.8) is 0 Å². The van der Waals surface area contributed by atoms with Crippen molar-refractivity contribution in [3.05, 3.63) is 176 Å². The van der Waals surface area contributed by atoms with Crippen LogP contribution in [0.3, 0.4) is 0 Å². The molecule has 2 aromatic heterocycles. The minimum Gasteiger partial charge on any atom is -0.456 e. The quantitative estimate of drug-likeness (QED) is 0.157. The van der Waals surface area contributed by atoms with Crippen LogP contribution in [0.1, 0.15) is 11.3 Å². The number of benzene rings is 6. The lowest BCUT2D eigenvalue weighted by Gasteiger charge is -2.25. The minimum atomic E-state index is 0.854. The van der Waals surface area contributed by atoms with Crippen LogP contribution >= 0.6 is 11.3 Å². The molecule has 0 saturated heterocycles. The zero-order chi connectivity index (χ0) is 31.7. The molecule has 0 spiro atoms. The number of aryl methyl sites for hydroxylation is 1. The van der Waals surface area contributed by atoms with Crippen molar-refractivity contribution in [2.75, 3.05) is 9.80 Å². The van der Waals surface area contributed by atoms with Gasteiger partial charge < -0.3 is 14.2 Å². The molecular weight excluding hydrogens is 593 g/mol. The van der Waals surface area contributed by atoms with E-state index in [1.807, 2.05) is 23.5 Å².